The Balaban J connectivity index is 1.77. The van der Waals surface area contributed by atoms with Gasteiger partial charge in [0.05, 0.1) is 9.79 Å². The van der Waals surface area contributed by atoms with E-state index in [2.05, 4.69) is 4.72 Å². The Hall–Kier alpha value is -1.74. The lowest BCUT2D eigenvalue weighted by Gasteiger charge is -2.33. The number of rotatable bonds is 8. The van der Waals surface area contributed by atoms with E-state index in [1.54, 1.807) is 48.5 Å². The highest BCUT2D eigenvalue weighted by Gasteiger charge is 2.32. The number of nitrogens with one attached hydrogen (secondary N) is 1. The lowest BCUT2D eigenvalue weighted by atomic mass is 9.95. The fourth-order valence-electron chi connectivity index (χ4n) is 3.80. The highest BCUT2D eigenvalue weighted by molar-refractivity contribution is 7.89. The molecule has 0 heterocycles. The van der Waals surface area contributed by atoms with Crippen LogP contribution in [0.1, 0.15) is 43.2 Å². The molecule has 164 valence electrons. The lowest BCUT2D eigenvalue weighted by molar-refractivity contribution is 0.255. The number of aryl methyl sites for hydroxylation is 2. The second-order valence-electron chi connectivity index (χ2n) is 7.93. The lowest BCUT2D eigenvalue weighted by Crippen LogP contribution is -2.45. The summed E-state index contributed by atoms with van der Waals surface area (Å²) in [5.41, 5.74) is 1.96. The van der Waals surface area contributed by atoms with Crippen molar-refractivity contribution in [2.75, 3.05) is 13.1 Å². The van der Waals surface area contributed by atoms with Crippen LogP contribution in [0.3, 0.4) is 0 Å². The molecule has 1 N–H and O–H groups in total. The van der Waals surface area contributed by atoms with Gasteiger partial charge in [-0.05, 0) is 51.0 Å². The number of nitrogens with zero attached hydrogens (tertiary/aromatic N) is 1. The molecule has 1 aliphatic carbocycles. The molecule has 3 rings (SSSR count). The zero-order valence-electron chi connectivity index (χ0n) is 17.5. The van der Waals surface area contributed by atoms with Crippen LogP contribution in [-0.4, -0.2) is 40.3 Å². The molecule has 30 heavy (non-hydrogen) atoms. The van der Waals surface area contributed by atoms with Crippen LogP contribution < -0.4 is 4.72 Å². The molecule has 1 saturated carbocycles. The molecular weight excluding hydrogens is 420 g/mol. The molecule has 0 atom stereocenters. The molecule has 0 aromatic heterocycles. The van der Waals surface area contributed by atoms with E-state index in [0.717, 1.165) is 43.2 Å². The molecule has 8 heteroatoms. The van der Waals surface area contributed by atoms with Crippen molar-refractivity contribution in [2.45, 2.75) is 61.8 Å². The molecule has 0 unspecified atom stereocenters. The largest absolute Gasteiger partial charge is 0.243 e. The first-order valence-electron chi connectivity index (χ1n) is 10.3. The van der Waals surface area contributed by atoms with Crippen molar-refractivity contribution in [3.8, 4) is 0 Å². The van der Waals surface area contributed by atoms with Gasteiger partial charge in [-0.3, -0.25) is 0 Å². The molecule has 0 spiro atoms. The van der Waals surface area contributed by atoms with Crippen LogP contribution in [0.15, 0.2) is 58.3 Å². The van der Waals surface area contributed by atoms with Gasteiger partial charge in [0.15, 0.2) is 0 Å². The molecule has 2 aromatic rings. The summed E-state index contributed by atoms with van der Waals surface area (Å²) in [7, 11) is -7.40. The van der Waals surface area contributed by atoms with Crippen molar-refractivity contribution in [2.24, 2.45) is 0 Å². The second-order valence-corrected chi connectivity index (χ2v) is 11.6. The minimum absolute atomic E-state index is 0.0256. The van der Waals surface area contributed by atoms with Crippen molar-refractivity contribution in [3.63, 3.8) is 0 Å². The zero-order chi connectivity index (χ0) is 21.8. The van der Waals surface area contributed by atoms with Gasteiger partial charge >= 0.3 is 0 Å². The van der Waals surface area contributed by atoms with Gasteiger partial charge in [0.1, 0.15) is 0 Å². The van der Waals surface area contributed by atoms with Crippen LogP contribution in [0.25, 0.3) is 0 Å². The minimum atomic E-state index is -3.71. The third-order valence-corrected chi connectivity index (χ3v) is 9.01. The molecule has 0 amide bonds. The Labute approximate surface area is 180 Å². The Bertz CT molecular complexity index is 1040. The Morgan fingerprint density at radius 3 is 1.83 bits per heavy atom. The summed E-state index contributed by atoms with van der Waals surface area (Å²) in [4.78, 5) is 0.429. The van der Waals surface area contributed by atoms with Crippen molar-refractivity contribution in [1.29, 1.82) is 0 Å². The summed E-state index contributed by atoms with van der Waals surface area (Å²) >= 11 is 0. The fourth-order valence-corrected chi connectivity index (χ4v) is 6.51. The van der Waals surface area contributed by atoms with Crippen molar-refractivity contribution in [1.82, 2.24) is 9.03 Å². The van der Waals surface area contributed by atoms with Crippen LogP contribution in [0.4, 0.5) is 0 Å². The minimum Gasteiger partial charge on any atom is -0.210 e. The van der Waals surface area contributed by atoms with Gasteiger partial charge in [-0.25, -0.2) is 21.6 Å². The van der Waals surface area contributed by atoms with Gasteiger partial charge in [0, 0.05) is 19.1 Å². The molecular formula is C22H30N2O4S2. The molecule has 0 bridgehead atoms. The number of sulfonamides is 2. The van der Waals surface area contributed by atoms with Crippen molar-refractivity contribution >= 4 is 20.0 Å². The van der Waals surface area contributed by atoms with Crippen LogP contribution in [-0.2, 0) is 20.0 Å². The van der Waals surface area contributed by atoms with Crippen LogP contribution in [0, 0.1) is 13.8 Å². The highest BCUT2D eigenvalue weighted by Crippen LogP contribution is 2.27. The first kappa shape index (κ1) is 22.9. The fraction of sp³-hybridized carbons (Fsp3) is 0.455. The second kappa shape index (κ2) is 9.60. The normalized spacial score (nSPS) is 16.1. The smallest absolute Gasteiger partial charge is 0.210 e. The first-order chi connectivity index (χ1) is 14.2. The topological polar surface area (TPSA) is 83.6 Å². The standard InChI is InChI=1S/C22H30N2O4S2/c1-18-8-12-21(13-9-18)29(25,26)23-16-17-24(20-6-4-3-5-7-20)30(27,28)22-14-10-19(2)11-15-22/h8-15,20,23H,3-7,16-17H2,1-2H3. The number of hydrogen-bond acceptors (Lipinski definition) is 4. The number of hydrogen-bond donors (Lipinski definition) is 1. The average Bonchev–Trinajstić information content (AvgIpc) is 2.72. The van der Waals surface area contributed by atoms with E-state index in [-0.39, 0.29) is 28.9 Å². The van der Waals surface area contributed by atoms with E-state index in [1.165, 1.54) is 4.31 Å². The Morgan fingerprint density at radius 2 is 1.30 bits per heavy atom. The molecule has 1 fully saturated rings. The van der Waals surface area contributed by atoms with E-state index in [1.807, 2.05) is 13.8 Å². The average molecular weight is 451 g/mol. The maximum absolute atomic E-state index is 13.4. The summed E-state index contributed by atoms with van der Waals surface area (Å²) in [5, 5.41) is 0. The van der Waals surface area contributed by atoms with Crippen molar-refractivity contribution < 1.29 is 16.8 Å². The summed E-state index contributed by atoms with van der Waals surface area (Å²) in [5.74, 6) is 0. The van der Waals surface area contributed by atoms with Gasteiger partial charge in [0.2, 0.25) is 20.0 Å². The third-order valence-electron chi connectivity index (χ3n) is 5.57. The monoisotopic (exact) mass is 450 g/mol. The zero-order valence-corrected chi connectivity index (χ0v) is 19.2. The predicted octanol–water partition coefficient (Wildman–Crippen LogP) is 3.61. The van der Waals surface area contributed by atoms with E-state index in [9.17, 15) is 16.8 Å². The maximum Gasteiger partial charge on any atom is 0.243 e. The molecule has 6 nitrogen and oxygen atoms in total. The summed E-state index contributed by atoms with van der Waals surface area (Å²) in [6, 6.07) is 13.3. The molecule has 0 radical (unpaired) electrons. The first-order valence-corrected chi connectivity index (χ1v) is 13.3. The summed E-state index contributed by atoms with van der Waals surface area (Å²) in [6.07, 6.45) is 4.68. The maximum atomic E-state index is 13.4. The molecule has 0 aliphatic heterocycles. The third kappa shape index (κ3) is 5.49. The van der Waals surface area contributed by atoms with E-state index in [4.69, 9.17) is 0 Å². The van der Waals surface area contributed by atoms with Gasteiger partial charge < -0.3 is 0 Å². The highest BCUT2D eigenvalue weighted by atomic mass is 32.2. The SMILES string of the molecule is Cc1ccc(S(=O)(=O)NCCN(C2CCCCC2)S(=O)(=O)c2ccc(C)cc2)cc1. The summed E-state index contributed by atoms with van der Waals surface area (Å²) < 4.78 is 55.9. The number of benzene rings is 2. The van der Waals surface area contributed by atoms with Gasteiger partial charge in [-0.2, -0.15) is 4.31 Å². The van der Waals surface area contributed by atoms with Crippen molar-refractivity contribution in [3.05, 3.63) is 59.7 Å². The van der Waals surface area contributed by atoms with E-state index in [0.29, 0.717) is 0 Å². The van der Waals surface area contributed by atoms with Crippen LogP contribution in [0.2, 0.25) is 0 Å². The van der Waals surface area contributed by atoms with Gasteiger partial charge in [-0.1, -0.05) is 54.7 Å². The van der Waals surface area contributed by atoms with E-state index >= 15 is 0 Å². The molecule has 2 aromatic carbocycles. The summed E-state index contributed by atoms with van der Waals surface area (Å²) in [6.45, 7) is 3.93. The van der Waals surface area contributed by atoms with E-state index < -0.39 is 20.0 Å². The van der Waals surface area contributed by atoms with Crippen LogP contribution >= 0.6 is 0 Å². The quantitative estimate of drug-likeness (QED) is 0.666. The molecule has 1 aliphatic rings. The van der Waals surface area contributed by atoms with Gasteiger partial charge in [0.25, 0.3) is 0 Å². The Morgan fingerprint density at radius 1 is 0.800 bits per heavy atom. The van der Waals surface area contributed by atoms with Gasteiger partial charge in [-0.15, -0.1) is 0 Å². The molecule has 0 saturated heterocycles. The van der Waals surface area contributed by atoms with Crippen LogP contribution in [0.5, 0.6) is 0 Å². The predicted molar refractivity (Wildman–Crippen MR) is 118 cm³/mol. The Kier molecular flexibility index (Phi) is 7.34.